The topological polar surface area (TPSA) is 58.6 Å². The van der Waals surface area contributed by atoms with Gasteiger partial charge in [0.25, 0.3) is 0 Å². The fourth-order valence-corrected chi connectivity index (χ4v) is 4.26. The summed E-state index contributed by atoms with van der Waals surface area (Å²) >= 11 is 0. The molecule has 0 N–H and O–H groups in total. The van der Waals surface area contributed by atoms with Crippen molar-refractivity contribution in [3.63, 3.8) is 0 Å². The second-order valence-corrected chi connectivity index (χ2v) is 7.58. The van der Waals surface area contributed by atoms with Crippen molar-refractivity contribution in [1.82, 2.24) is 4.90 Å². The molecule has 0 unspecified atom stereocenters. The molecule has 0 aromatic heterocycles. The minimum Gasteiger partial charge on any atom is -0.493 e. The molecule has 0 spiro atoms. The molecule has 0 bridgehead atoms. The minimum absolute atomic E-state index is 0.115. The Morgan fingerprint density at radius 2 is 1.34 bits per heavy atom. The van der Waals surface area contributed by atoms with Gasteiger partial charge in [0.2, 0.25) is 0 Å². The van der Waals surface area contributed by atoms with Crippen LogP contribution in [0.3, 0.4) is 0 Å². The molecular weight excluding hydrogens is 410 g/mol. The Hall–Kier alpha value is -2.48. The van der Waals surface area contributed by atoms with Gasteiger partial charge >= 0.3 is 0 Å². The van der Waals surface area contributed by atoms with Crippen LogP contribution in [0.2, 0.25) is 0 Å². The zero-order chi connectivity index (χ0) is 23.1. The van der Waals surface area contributed by atoms with Gasteiger partial charge in [-0.1, -0.05) is 6.07 Å². The first kappa shape index (κ1) is 24.2. The predicted octanol–water partition coefficient (Wildman–Crippen LogP) is 4.22. The van der Waals surface area contributed by atoms with Crippen molar-refractivity contribution in [3.05, 3.63) is 47.0 Å². The predicted molar refractivity (Wildman–Crippen MR) is 123 cm³/mol. The van der Waals surface area contributed by atoms with Crippen LogP contribution in [-0.4, -0.2) is 59.4 Å². The number of fused-ring (bicyclic) bond motifs is 1. The molecule has 32 heavy (non-hydrogen) atoms. The molecule has 1 aliphatic rings. The third kappa shape index (κ3) is 5.28. The lowest BCUT2D eigenvalue weighted by molar-refractivity contribution is -0.152. The molecule has 7 nitrogen and oxygen atoms in total. The number of hydrogen-bond acceptors (Lipinski definition) is 7. The summed E-state index contributed by atoms with van der Waals surface area (Å²) in [6.07, 6.45) is 0.519. The van der Waals surface area contributed by atoms with Crippen molar-refractivity contribution >= 4 is 0 Å². The molecule has 1 aliphatic heterocycles. The molecule has 176 valence electrons. The lowest BCUT2D eigenvalue weighted by atomic mass is 9.89. The van der Waals surface area contributed by atoms with Crippen LogP contribution in [0.15, 0.2) is 30.3 Å². The number of methoxy groups -OCH3 is 4. The highest BCUT2D eigenvalue weighted by Crippen LogP contribution is 2.41. The Labute approximate surface area is 191 Å². The minimum atomic E-state index is -0.297. The van der Waals surface area contributed by atoms with E-state index in [1.807, 2.05) is 19.9 Å². The summed E-state index contributed by atoms with van der Waals surface area (Å²) in [5.74, 6) is 2.91. The Morgan fingerprint density at radius 3 is 1.91 bits per heavy atom. The van der Waals surface area contributed by atoms with Crippen LogP contribution in [0.5, 0.6) is 23.0 Å². The first-order valence-electron chi connectivity index (χ1n) is 11.0. The standard InChI is InChI=1S/C25H35NO6/c1-7-31-25(32-8-2)16-26-15-19-14-24(30-6)23(29-5)13-18(19)11-20(26)17-9-10-21(27-3)22(12-17)28-4/h9-10,12-14,20,25H,7-8,11,15-16H2,1-6H3/t20-/m1/s1. The smallest absolute Gasteiger partial charge is 0.170 e. The molecule has 0 saturated carbocycles. The van der Waals surface area contributed by atoms with Gasteiger partial charge in [0.15, 0.2) is 29.3 Å². The van der Waals surface area contributed by atoms with E-state index in [4.69, 9.17) is 28.4 Å². The van der Waals surface area contributed by atoms with Gasteiger partial charge in [-0.05, 0) is 61.2 Å². The maximum absolute atomic E-state index is 5.87. The van der Waals surface area contributed by atoms with Crippen LogP contribution >= 0.6 is 0 Å². The Bertz CT molecular complexity index is 881. The van der Waals surface area contributed by atoms with E-state index < -0.39 is 0 Å². The van der Waals surface area contributed by atoms with Gasteiger partial charge in [0.1, 0.15) is 0 Å². The van der Waals surface area contributed by atoms with E-state index >= 15 is 0 Å². The highest BCUT2D eigenvalue weighted by molar-refractivity contribution is 5.50. The molecule has 0 fully saturated rings. The summed E-state index contributed by atoms with van der Waals surface area (Å²) in [4.78, 5) is 2.39. The van der Waals surface area contributed by atoms with Gasteiger partial charge in [0, 0.05) is 25.8 Å². The first-order chi connectivity index (χ1) is 15.6. The fourth-order valence-electron chi connectivity index (χ4n) is 4.26. The fraction of sp³-hybridized carbons (Fsp3) is 0.520. The van der Waals surface area contributed by atoms with E-state index in [0.29, 0.717) is 31.3 Å². The molecule has 3 rings (SSSR count). The van der Waals surface area contributed by atoms with E-state index in [1.165, 1.54) is 11.1 Å². The highest BCUT2D eigenvalue weighted by Gasteiger charge is 2.31. The third-order valence-electron chi connectivity index (χ3n) is 5.81. The van der Waals surface area contributed by atoms with Crippen LogP contribution in [-0.2, 0) is 22.4 Å². The van der Waals surface area contributed by atoms with Gasteiger partial charge in [-0.15, -0.1) is 0 Å². The Morgan fingerprint density at radius 1 is 0.781 bits per heavy atom. The summed E-state index contributed by atoms with van der Waals surface area (Å²) in [6.45, 7) is 6.56. The summed E-state index contributed by atoms with van der Waals surface area (Å²) in [5, 5.41) is 0. The van der Waals surface area contributed by atoms with Crippen molar-refractivity contribution in [2.45, 2.75) is 39.1 Å². The van der Waals surface area contributed by atoms with Crippen LogP contribution in [0.25, 0.3) is 0 Å². The van der Waals surface area contributed by atoms with E-state index in [9.17, 15) is 0 Å². The maximum Gasteiger partial charge on any atom is 0.170 e. The zero-order valence-electron chi connectivity index (χ0n) is 20.0. The van der Waals surface area contributed by atoms with Crippen molar-refractivity contribution < 1.29 is 28.4 Å². The Balaban J connectivity index is 2.01. The van der Waals surface area contributed by atoms with Crippen molar-refractivity contribution in [1.29, 1.82) is 0 Å². The second kappa shape index (κ2) is 11.4. The van der Waals surface area contributed by atoms with Gasteiger partial charge in [-0.3, -0.25) is 4.90 Å². The van der Waals surface area contributed by atoms with Crippen LogP contribution in [0.4, 0.5) is 0 Å². The number of benzene rings is 2. The average molecular weight is 446 g/mol. The monoisotopic (exact) mass is 445 g/mol. The molecule has 0 amide bonds. The SMILES string of the molecule is CCOC(CN1Cc2cc(OC)c(OC)cc2C[C@@H]1c1ccc(OC)c(OC)c1)OCC. The van der Waals surface area contributed by atoms with E-state index in [2.05, 4.69) is 29.2 Å². The summed E-state index contributed by atoms with van der Waals surface area (Å²) in [6, 6.07) is 10.4. The molecule has 7 heteroatoms. The normalized spacial score (nSPS) is 16.0. The number of hydrogen-bond donors (Lipinski definition) is 0. The molecule has 1 heterocycles. The summed E-state index contributed by atoms with van der Waals surface area (Å²) in [5.41, 5.74) is 3.60. The average Bonchev–Trinajstić information content (AvgIpc) is 2.82. The zero-order valence-corrected chi connectivity index (χ0v) is 20.0. The second-order valence-electron chi connectivity index (χ2n) is 7.58. The molecular formula is C25H35NO6. The number of rotatable bonds is 11. The van der Waals surface area contributed by atoms with Crippen LogP contribution in [0.1, 0.15) is 36.6 Å². The quantitative estimate of drug-likeness (QED) is 0.480. The third-order valence-corrected chi connectivity index (χ3v) is 5.81. The van der Waals surface area contributed by atoms with Crippen molar-refractivity contribution in [2.75, 3.05) is 48.2 Å². The maximum atomic E-state index is 5.87. The molecule has 0 aliphatic carbocycles. The molecule has 0 radical (unpaired) electrons. The molecule has 2 aromatic carbocycles. The van der Waals surface area contributed by atoms with Gasteiger partial charge < -0.3 is 28.4 Å². The van der Waals surface area contributed by atoms with Crippen LogP contribution < -0.4 is 18.9 Å². The van der Waals surface area contributed by atoms with E-state index in [-0.39, 0.29) is 12.3 Å². The Kier molecular flexibility index (Phi) is 8.61. The highest BCUT2D eigenvalue weighted by atomic mass is 16.7. The first-order valence-corrected chi connectivity index (χ1v) is 11.0. The van der Waals surface area contributed by atoms with Crippen molar-refractivity contribution in [2.24, 2.45) is 0 Å². The van der Waals surface area contributed by atoms with E-state index in [0.717, 1.165) is 30.0 Å². The largest absolute Gasteiger partial charge is 0.493 e. The molecule has 2 aromatic rings. The lowest BCUT2D eigenvalue weighted by Gasteiger charge is -2.39. The lowest BCUT2D eigenvalue weighted by Crippen LogP contribution is -2.41. The van der Waals surface area contributed by atoms with Gasteiger partial charge in [0.05, 0.1) is 35.0 Å². The van der Waals surface area contributed by atoms with Crippen molar-refractivity contribution in [3.8, 4) is 23.0 Å². The van der Waals surface area contributed by atoms with Gasteiger partial charge in [-0.2, -0.15) is 0 Å². The summed E-state index contributed by atoms with van der Waals surface area (Å²) < 4.78 is 33.8. The molecule has 0 saturated heterocycles. The number of nitrogens with zero attached hydrogens (tertiary/aromatic N) is 1. The summed E-state index contributed by atoms with van der Waals surface area (Å²) in [7, 11) is 6.64. The number of ether oxygens (including phenoxy) is 6. The molecule has 1 atom stereocenters. The van der Waals surface area contributed by atoms with E-state index in [1.54, 1.807) is 28.4 Å². The van der Waals surface area contributed by atoms with Gasteiger partial charge in [-0.25, -0.2) is 0 Å². The van der Waals surface area contributed by atoms with Crippen LogP contribution in [0, 0.1) is 0 Å².